The van der Waals surface area contributed by atoms with Crippen LogP contribution in [-0.4, -0.2) is 22.3 Å². The highest BCUT2D eigenvalue weighted by molar-refractivity contribution is 6.35. The molecule has 0 aliphatic carbocycles. The predicted octanol–water partition coefficient (Wildman–Crippen LogP) is 4.97. The number of benzene rings is 2. The molecule has 6 nitrogen and oxygen atoms in total. The summed E-state index contributed by atoms with van der Waals surface area (Å²) in [6.45, 7) is 0.543. The second-order valence-electron chi connectivity index (χ2n) is 6.81. The Hall–Kier alpha value is -3.22. The monoisotopic (exact) mass is 439 g/mol. The Balaban J connectivity index is 1.44. The molecule has 0 bridgehead atoms. The summed E-state index contributed by atoms with van der Waals surface area (Å²) in [4.78, 5) is 12.8. The van der Waals surface area contributed by atoms with Crippen molar-refractivity contribution in [1.29, 1.82) is 0 Å². The molecule has 0 atom stereocenters. The molecule has 0 unspecified atom stereocenters. The number of nitrogens with zero attached hydrogens (tertiary/aromatic N) is 2. The van der Waals surface area contributed by atoms with Gasteiger partial charge in [0.15, 0.2) is 11.5 Å². The Morgan fingerprint density at radius 3 is 2.67 bits per heavy atom. The normalized spacial score (nSPS) is 12.3. The van der Waals surface area contributed by atoms with E-state index in [4.69, 9.17) is 32.7 Å². The van der Waals surface area contributed by atoms with E-state index in [0.717, 1.165) is 22.2 Å². The summed E-state index contributed by atoms with van der Waals surface area (Å²) < 4.78 is 12.4. The maximum atomic E-state index is 12.8. The fourth-order valence-corrected chi connectivity index (χ4v) is 3.93. The van der Waals surface area contributed by atoms with E-state index < -0.39 is 0 Å². The van der Waals surface area contributed by atoms with Gasteiger partial charge < -0.3 is 14.8 Å². The Morgan fingerprint density at radius 2 is 1.83 bits per heavy atom. The van der Waals surface area contributed by atoms with Crippen LogP contribution >= 0.6 is 23.2 Å². The molecule has 0 saturated heterocycles. The highest BCUT2D eigenvalue weighted by Gasteiger charge is 2.16. The number of carbonyl (C=O) groups is 1. The molecule has 2 aromatic heterocycles. The number of amides is 1. The Bertz CT molecular complexity index is 1270. The van der Waals surface area contributed by atoms with Gasteiger partial charge in [-0.25, -0.2) is 4.52 Å². The second kappa shape index (κ2) is 7.55. The van der Waals surface area contributed by atoms with Crippen LogP contribution in [0, 0.1) is 0 Å². The number of ether oxygens (including phenoxy) is 2. The number of fused-ring (bicyclic) bond motifs is 2. The summed E-state index contributed by atoms with van der Waals surface area (Å²) in [5, 5.41) is 8.37. The maximum absolute atomic E-state index is 12.8. The minimum Gasteiger partial charge on any atom is -0.454 e. The standard InChI is InChI=1S/C22H15Cl2N3O3/c23-15-7-14(8-16(24)9-15)17-10-18(26-27-5-1-2-19(17)27)22(28)25-11-13-3-4-20-21(6-13)30-12-29-20/h1-10H,11-12H2,(H,25,28). The van der Waals surface area contributed by atoms with Gasteiger partial charge in [0.1, 0.15) is 5.69 Å². The number of aromatic nitrogens is 2. The Kier molecular flexibility index (Phi) is 4.73. The molecular formula is C22H15Cl2N3O3. The summed E-state index contributed by atoms with van der Waals surface area (Å²) in [5.74, 6) is 1.08. The third kappa shape index (κ3) is 3.56. The molecule has 4 aromatic rings. The van der Waals surface area contributed by atoms with Crippen molar-refractivity contribution in [1.82, 2.24) is 14.9 Å². The zero-order valence-electron chi connectivity index (χ0n) is 15.6. The van der Waals surface area contributed by atoms with Crippen LogP contribution in [0.5, 0.6) is 11.5 Å². The fourth-order valence-electron chi connectivity index (χ4n) is 3.40. The molecule has 1 amide bonds. The van der Waals surface area contributed by atoms with E-state index in [2.05, 4.69) is 10.4 Å². The van der Waals surface area contributed by atoms with Crippen LogP contribution < -0.4 is 14.8 Å². The van der Waals surface area contributed by atoms with Gasteiger partial charge in [0.2, 0.25) is 6.79 Å². The van der Waals surface area contributed by atoms with Crippen molar-refractivity contribution >= 4 is 34.6 Å². The first-order chi connectivity index (χ1) is 14.6. The molecule has 0 fully saturated rings. The topological polar surface area (TPSA) is 64.9 Å². The Morgan fingerprint density at radius 1 is 1.03 bits per heavy atom. The molecule has 1 N–H and O–H groups in total. The van der Waals surface area contributed by atoms with E-state index in [1.54, 1.807) is 22.8 Å². The molecule has 1 aliphatic rings. The van der Waals surface area contributed by atoms with Gasteiger partial charge in [-0.2, -0.15) is 5.10 Å². The van der Waals surface area contributed by atoms with Crippen molar-refractivity contribution in [3.05, 3.63) is 82.1 Å². The van der Waals surface area contributed by atoms with Crippen LogP contribution in [0.2, 0.25) is 10.0 Å². The predicted molar refractivity (Wildman–Crippen MR) is 114 cm³/mol. The first-order valence-corrected chi connectivity index (χ1v) is 9.94. The number of halogens is 2. The number of rotatable bonds is 4. The number of nitrogens with one attached hydrogen (secondary N) is 1. The highest BCUT2D eigenvalue weighted by Crippen LogP contribution is 2.33. The maximum Gasteiger partial charge on any atom is 0.272 e. The van der Waals surface area contributed by atoms with E-state index in [-0.39, 0.29) is 18.4 Å². The Labute approximate surface area is 181 Å². The van der Waals surface area contributed by atoms with Crippen molar-refractivity contribution in [2.24, 2.45) is 0 Å². The van der Waals surface area contributed by atoms with Crippen LogP contribution in [-0.2, 0) is 6.54 Å². The molecular weight excluding hydrogens is 425 g/mol. The number of hydrogen-bond acceptors (Lipinski definition) is 4. The van der Waals surface area contributed by atoms with Crippen molar-refractivity contribution in [3.63, 3.8) is 0 Å². The lowest BCUT2D eigenvalue weighted by atomic mass is 10.0. The van der Waals surface area contributed by atoms with Crippen molar-refractivity contribution < 1.29 is 14.3 Å². The van der Waals surface area contributed by atoms with Crippen molar-refractivity contribution in [2.45, 2.75) is 6.54 Å². The van der Waals surface area contributed by atoms with E-state index in [9.17, 15) is 4.79 Å². The van der Waals surface area contributed by atoms with E-state index in [1.165, 1.54) is 0 Å². The van der Waals surface area contributed by atoms with E-state index >= 15 is 0 Å². The van der Waals surface area contributed by atoms with Crippen LogP contribution in [0.3, 0.4) is 0 Å². The molecule has 30 heavy (non-hydrogen) atoms. The lowest BCUT2D eigenvalue weighted by molar-refractivity contribution is 0.0944. The smallest absolute Gasteiger partial charge is 0.272 e. The van der Waals surface area contributed by atoms with Gasteiger partial charge in [0.25, 0.3) is 5.91 Å². The lowest BCUT2D eigenvalue weighted by Crippen LogP contribution is -2.24. The van der Waals surface area contributed by atoms with Gasteiger partial charge in [-0.1, -0.05) is 29.3 Å². The zero-order chi connectivity index (χ0) is 20.7. The summed E-state index contributed by atoms with van der Waals surface area (Å²) in [6, 6.07) is 16.4. The second-order valence-corrected chi connectivity index (χ2v) is 7.68. The van der Waals surface area contributed by atoms with Gasteiger partial charge in [-0.15, -0.1) is 0 Å². The minimum atomic E-state index is -0.294. The largest absolute Gasteiger partial charge is 0.454 e. The number of carbonyl (C=O) groups excluding carboxylic acids is 1. The van der Waals surface area contributed by atoms with Crippen molar-refractivity contribution in [3.8, 4) is 22.6 Å². The summed E-state index contributed by atoms with van der Waals surface area (Å²) in [7, 11) is 0. The summed E-state index contributed by atoms with van der Waals surface area (Å²) in [5.41, 5.74) is 3.65. The first kappa shape index (κ1) is 18.8. The molecule has 150 valence electrons. The lowest BCUT2D eigenvalue weighted by Gasteiger charge is -2.10. The molecule has 0 spiro atoms. The number of hydrogen-bond donors (Lipinski definition) is 1. The molecule has 2 aromatic carbocycles. The molecule has 0 saturated carbocycles. The van der Waals surface area contributed by atoms with E-state index in [1.807, 2.05) is 42.5 Å². The SMILES string of the molecule is O=C(NCc1ccc2c(c1)OCO2)c1cc(-c2cc(Cl)cc(Cl)c2)c2cccn2n1. The third-order valence-corrected chi connectivity index (χ3v) is 5.23. The quantitative estimate of drug-likeness (QED) is 0.487. The summed E-state index contributed by atoms with van der Waals surface area (Å²) >= 11 is 12.4. The fraction of sp³-hybridized carbons (Fsp3) is 0.0909. The van der Waals surface area contributed by atoms with Crippen LogP contribution in [0.25, 0.3) is 16.6 Å². The molecule has 0 radical (unpaired) electrons. The molecule has 3 heterocycles. The van der Waals surface area contributed by atoms with Crippen LogP contribution in [0.4, 0.5) is 0 Å². The molecule has 8 heteroatoms. The average molecular weight is 440 g/mol. The minimum absolute atomic E-state index is 0.211. The van der Waals surface area contributed by atoms with Gasteiger partial charge in [-0.05, 0) is 59.7 Å². The van der Waals surface area contributed by atoms with E-state index in [0.29, 0.717) is 28.1 Å². The van der Waals surface area contributed by atoms with Gasteiger partial charge in [-0.3, -0.25) is 4.79 Å². The average Bonchev–Trinajstić information content (AvgIpc) is 3.39. The highest BCUT2D eigenvalue weighted by atomic mass is 35.5. The van der Waals surface area contributed by atoms with Crippen LogP contribution in [0.15, 0.2) is 60.8 Å². The molecule has 1 aliphatic heterocycles. The molecule has 5 rings (SSSR count). The third-order valence-electron chi connectivity index (χ3n) is 4.80. The van der Waals surface area contributed by atoms with Crippen LogP contribution in [0.1, 0.15) is 16.1 Å². The van der Waals surface area contributed by atoms with Gasteiger partial charge >= 0.3 is 0 Å². The van der Waals surface area contributed by atoms with Gasteiger partial charge in [0.05, 0.1) is 5.52 Å². The summed E-state index contributed by atoms with van der Waals surface area (Å²) in [6.07, 6.45) is 1.79. The zero-order valence-corrected chi connectivity index (χ0v) is 17.1. The van der Waals surface area contributed by atoms with Gasteiger partial charge in [0, 0.05) is 28.4 Å². The first-order valence-electron chi connectivity index (χ1n) is 9.18. The van der Waals surface area contributed by atoms with Crippen molar-refractivity contribution in [2.75, 3.05) is 6.79 Å².